The SMILES string of the molecule is C=C1C=CC(C(F)F)=CN1/C=C(\CCC)C(C)C.C=CN=C(/C=C(\N)C1CC1)CC. The molecule has 1 saturated carbocycles. The van der Waals surface area contributed by atoms with Crippen molar-refractivity contribution < 1.29 is 8.78 Å². The molecule has 1 aliphatic carbocycles. The van der Waals surface area contributed by atoms with E-state index in [1.165, 1.54) is 30.7 Å². The lowest BCUT2D eigenvalue weighted by Gasteiger charge is -2.24. The largest absolute Gasteiger partial charge is 0.402 e. The van der Waals surface area contributed by atoms with Gasteiger partial charge in [-0.25, -0.2) is 8.78 Å². The summed E-state index contributed by atoms with van der Waals surface area (Å²) < 4.78 is 25.3. The third-order valence-corrected chi connectivity index (χ3v) is 4.93. The predicted molar refractivity (Wildman–Crippen MR) is 125 cm³/mol. The highest BCUT2D eigenvalue weighted by molar-refractivity contribution is 5.95. The van der Waals surface area contributed by atoms with Crippen LogP contribution in [-0.4, -0.2) is 17.0 Å². The Labute approximate surface area is 181 Å². The van der Waals surface area contributed by atoms with Gasteiger partial charge in [-0.3, -0.25) is 4.99 Å². The maximum absolute atomic E-state index is 12.7. The maximum atomic E-state index is 12.7. The molecule has 0 amide bonds. The molecule has 0 aromatic heterocycles. The van der Waals surface area contributed by atoms with Crippen LogP contribution in [0.4, 0.5) is 8.78 Å². The Morgan fingerprint density at radius 1 is 1.30 bits per heavy atom. The molecule has 0 saturated heterocycles. The lowest BCUT2D eigenvalue weighted by atomic mass is 9.99. The Morgan fingerprint density at radius 3 is 2.43 bits per heavy atom. The van der Waals surface area contributed by atoms with Crippen LogP contribution in [0.2, 0.25) is 0 Å². The molecule has 3 nitrogen and oxygen atoms in total. The van der Waals surface area contributed by atoms with Gasteiger partial charge in [-0.05, 0) is 55.7 Å². The van der Waals surface area contributed by atoms with Crippen LogP contribution in [-0.2, 0) is 0 Å². The predicted octanol–water partition coefficient (Wildman–Crippen LogP) is 7.09. The molecule has 1 fully saturated rings. The lowest BCUT2D eigenvalue weighted by Crippen LogP contribution is -2.15. The minimum atomic E-state index is -2.45. The van der Waals surface area contributed by atoms with Gasteiger partial charge in [-0.1, -0.05) is 52.8 Å². The number of nitrogens with two attached hydrogens (primary N) is 1. The van der Waals surface area contributed by atoms with E-state index >= 15 is 0 Å². The molecule has 1 heterocycles. The van der Waals surface area contributed by atoms with E-state index in [1.54, 1.807) is 17.2 Å². The first-order valence-corrected chi connectivity index (χ1v) is 10.7. The van der Waals surface area contributed by atoms with E-state index in [4.69, 9.17) is 5.73 Å². The third kappa shape index (κ3) is 8.93. The Hall–Kier alpha value is -2.43. The normalized spacial score (nSPS) is 17.9. The van der Waals surface area contributed by atoms with Gasteiger partial charge in [-0.2, -0.15) is 0 Å². The van der Waals surface area contributed by atoms with Crippen LogP contribution in [0.5, 0.6) is 0 Å². The van der Waals surface area contributed by atoms with Gasteiger partial charge in [0.25, 0.3) is 6.43 Å². The second-order valence-electron chi connectivity index (χ2n) is 7.85. The van der Waals surface area contributed by atoms with E-state index in [0.29, 0.717) is 17.5 Å². The number of halogens is 2. The van der Waals surface area contributed by atoms with Crippen molar-refractivity contribution in [3.05, 3.63) is 72.5 Å². The third-order valence-electron chi connectivity index (χ3n) is 4.93. The van der Waals surface area contributed by atoms with Crippen molar-refractivity contribution in [3.63, 3.8) is 0 Å². The summed E-state index contributed by atoms with van der Waals surface area (Å²) in [5.74, 6) is 1.04. The molecule has 30 heavy (non-hydrogen) atoms. The number of allylic oxidation sites excluding steroid dienone is 6. The number of hydrogen-bond acceptors (Lipinski definition) is 3. The summed E-state index contributed by atoms with van der Waals surface area (Å²) in [4.78, 5) is 5.82. The van der Waals surface area contributed by atoms with Crippen LogP contribution in [0.25, 0.3) is 0 Å². The number of nitrogens with zero attached hydrogens (tertiary/aromatic N) is 2. The van der Waals surface area contributed by atoms with E-state index in [-0.39, 0.29) is 5.57 Å². The molecule has 2 N–H and O–H groups in total. The van der Waals surface area contributed by atoms with Crippen molar-refractivity contribution >= 4 is 5.71 Å². The summed E-state index contributed by atoms with van der Waals surface area (Å²) in [6.45, 7) is 15.8. The second-order valence-corrected chi connectivity index (χ2v) is 7.85. The molecule has 0 radical (unpaired) electrons. The van der Waals surface area contributed by atoms with Crippen molar-refractivity contribution in [2.45, 2.75) is 66.2 Å². The fourth-order valence-corrected chi connectivity index (χ4v) is 2.86. The first kappa shape index (κ1) is 25.6. The Balaban J connectivity index is 0.000000325. The second kappa shape index (κ2) is 13.0. The summed E-state index contributed by atoms with van der Waals surface area (Å²) in [6, 6.07) is 0. The van der Waals surface area contributed by atoms with Crippen molar-refractivity contribution in [2.75, 3.05) is 0 Å². The van der Waals surface area contributed by atoms with E-state index < -0.39 is 6.43 Å². The zero-order valence-electron chi connectivity index (χ0n) is 18.9. The monoisotopic (exact) mass is 417 g/mol. The molecule has 2 rings (SSSR count). The van der Waals surface area contributed by atoms with Crippen LogP contribution in [0.1, 0.15) is 59.8 Å². The van der Waals surface area contributed by atoms with E-state index in [0.717, 1.165) is 30.7 Å². The molecular weight excluding hydrogens is 380 g/mol. The molecule has 0 aromatic rings. The van der Waals surface area contributed by atoms with Crippen LogP contribution in [0, 0.1) is 11.8 Å². The molecule has 5 heteroatoms. The van der Waals surface area contributed by atoms with Gasteiger partial charge in [0, 0.05) is 41.3 Å². The summed E-state index contributed by atoms with van der Waals surface area (Å²) in [7, 11) is 0. The summed E-state index contributed by atoms with van der Waals surface area (Å²) >= 11 is 0. The molecule has 0 unspecified atom stereocenters. The topological polar surface area (TPSA) is 41.6 Å². The fraction of sp³-hybridized carbons (Fsp3) is 0.480. The van der Waals surface area contributed by atoms with Crippen LogP contribution >= 0.6 is 0 Å². The zero-order valence-corrected chi connectivity index (χ0v) is 18.9. The standard InChI is InChI=1S/C15H21F2N.C10H16N2/c1-5-6-13(11(2)3)9-18-10-14(15(16)17)8-7-12(18)4;1-3-9(12-4-2)7-10(11)8-5-6-8/h7-11,15H,4-6H2,1-3H3;4,7-8H,2-3,5-6,11H2,1H3/b13-9+;10-7-,12-9?. The highest BCUT2D eigenvalue weighted by atomic mass is 19.3. The molecule has 0 aromatic carbocycles. The zero-order chi connectivity index (χ0) is 22.7. The summed E-state index contributed by atoms with van der Waals surface area (Å²) in [6.07, 6.45) is 13.0. The van der Waals surface area contributed by atoms with Crippen molar-refractivity contribution in [3.8, 4) is 0 Å². The quantitative estimate of drug-likeness (QED) is 0.407. The molecule has 1 aliphatic heterocycles. The fourth-order valence-electron chi connectivity index (χ4n) is 2.86. The van der Waals surface area contributed by atoms with Crippen LogP contribution in [0.15, 0.2) is 77.5 Å². The van der Waals surface area contributed by atoms with Gasteiger partial charge in [0.05, 0.1) is 0 Å². The van der Waals surface area contributed by atoms with Crippen molar-refractivity contribution in [1.82, 2.24) is 4.90 Å². The molecular formula is C25H37F2N3. The number of rotatable bonds is 9. The number of alkyl halides is 2. The average Bonchev–Trinajstić information content (AvgIpc) is 3.54. The first-order chi connectivity index (χ1) is 14.2. The molecule has 166 valence electrons. The van der Waals surface area contributed by atoms with Gasteiger partial charge in [0.15, 0.2) is 0 Å². The first-order valence-electron chi connectivity index (χ1n) is 10.7. The number of hydrogen-bond donors (Lipinski definition) is 1. The summed E-state index contributed by atoms with van der Waals surface area (Å²) in [5, 5.41) is 0. The van der Waals surface area contributed by atoms with Crippen LogP contribution in [0.3, 0.4) is 0 Å². The molecule has 2 aliphatic rings. The van der Waals surface area contributed by atoms with Crippen LogP contribution < -0.4 is 5.73 Å². The van der Waals surface area contributed by atoms with Gasteiger partial charge in [0.2, 0.25) is 0 Å². The Kier molecular flexibility index (Phi) is 11.1. The van der Waals surface area contributed by atoms with Gasteiger partial charge in [0.1, 0.15) is 0 Å². The van der Waals surface area contributed by atoms with E-state index in [9.17, 15) is 8.78 Å². The molecule has 0 atom stereocenters. The number of aliphatic imine (C=N–C) groups is 1. The maximum Gasteiger partial charge on any atom is 0.265 e. The highest BCUT2D eigenvalue weighted by Gasteiger charge is 2.23. The summed E-state index contributed by atoms with van der Waals surface area (Å²) in [5.41, 5.74) is 9.83. The molecule has 0 spiro atoms. The lowest BCUT2D eigenvalue weighted by molar-refractivity contribution is 0.192. The minimum Gasteiger partial charge on any atom is -0.402 e. The van der Waals surface area contributed by atoms with Gasteiger partial charge < -0.3 is 10.6 Å². The smallest absolute Gasteiger partial charge is 0.265 e. The Bertz CT molecular complexity index is 735. The van der Waals surface area contributed by atoms with Gasteiger partial charge in [-0.15, -0.1) is 0 Å². The van der Waals surface area contributed by atoms with Crippen molar-refractivity contribution in [2.24, 2.45) is 22.6 Å². The minimum absolute atomic E-state index is 0.0262. The van der Waals surface area contributed by atoms with E-state index in [2.05, 4.69) is 45.8 Å². The van der Waals surface area contributed by atoms with Crippen molar-refractivity contribution in [1.29, 1.82) is 0 Å². The van der Waals surface area contributed by atoms with E-state index in [1.807, 2.05) is 12.3 Å². The highest BCUT2D eigenvalue weighted by Crippen LogP contribution is 2.33. The molecule has 0 bridgehead atoms. The Morgan fingerprint density at radius 2 is 1.97 bits per heavy atom. The van der Waals surface area contributed by atoms with Gasteiger partial charge >= 0.3 is 0 Å². The average molecular weight is 418 g/mol.